The Morgan fingerprint density at radius 1 is 1.36 bits per heavy atom. The maximum Gasteiger partial charge on any atom is 0.230 e. The number of hydrogen-bond acceptors (Lipinski definition) is 3. The summed E-state index contributed by atoms with van der Waals surface area (Å²) in [5.74, 6) is 0.199. The van der Waals surface area contributed by atoms with Crippen LogP contribution in [0.4, 0.5) is 5.82 Å². The molecule has 2 heterocycles. The molecule has 130 valence electrons. The molecule has 0 aliphatic heterocycles. The Labute approximate surface area is 158 Å². The highest BCUT2D eigenvalue weighted by Gasteiger charge is 2.15. The minimum absolute atomic E-state index is 0.0976. The first-order chi connectivity index (χ1) is 12.0. The number of rotatable bonds is 6. The van der Waals surface area contributed by atoms with Crippen LogP contribution in [0.15, 0.2) is 53.4 Å². The van der Waals surface area contributed by atoms with Gasteiger partial charge >= 0.3 is 0 Å². The maximum absolute atomic E-state index is 12.3. The van der Waals surface area contributed by atoms with E-state index in [2.05, 4.69) is 31.4 Å². The molecule has 25 heavy (non-hydrogen) atoms. The predicted molar refractivity (Wildman–Crippen MR) is 101 cm³/mol. The van der Waals surface area contributed by atoms with Gasteiger partial charge in [0.2, 0.25) is 5.91 Å². The number of anilines is 1. The number of nitrogens with zero attached hydrogens (tertiary/aromatic N) is 4. The summed E-state index contributed by atoms with van der Waals surface area (Å²) >= 11 is 9.33. The molecule has 1 unspecified atom stereocenters. The highest BCUT2D eigenvalue weighted by molar-refractivity contribution is 9.10. The van der Waals surface area contributed by atoms with Crippen molar-refractivity contribution in [3.63, 3.8) is 0 Å². The lowest BCUT2D eigenvalue weighted by Crippen LogP contribution is -2.24. The second-order valence-electron chi connectivity index (χ2n) is 5.80. The van der Waals surface area contributed by atoms with Gasteiger partial charge in [0.25, 0.3) is 0 Å². The van der Waals surface area contributed by atoms with Crippen molar-refractivity contribution in [1.29, 1.82) is 0 Å². The minimum atomic E-state index is -0.232. The van der Waals surface area contributed by atoms with Gasteiger partial charge < -0.3 is 5.32 Å². The first kappa shape index (κ1) is 17.7. The van der Waals surface area contributed by atoms with E-state index in [0.29, 0.717) is 23.9 Å². The molecule has 8 heteroatoms. The number of benzene rings is 1. The molecule has 0 aliphatic carbocycles. The van der Waals surface area contributed by atoms with E-state index in [1.54, 1.807) is 21.6 Å². The number of carbonyl (C=O) groups excluding carboxylic acids is 1. The molecule has 1 atom stereocenters. The molecule has 3 aromatic rings. The lowest BCUT2D eigenvalue weighted by molar-refractivity contribution is -0.119. The van der Waals surface area contributed by atoms with Crippen LogP contribution in [-0.2, 0) is 17.9 Å². The summed E-state index contributed by atoms with van der Waals surface area (Å²) in [6, 6.07) is 9.39. The smallest absolute Gasteiger partial charge is 0.230 e. The summed E-state index contributed by atoms with van der Waals surface area (Å²) < 4.78 is 4.38. The fraction of sp³-hybridized carbons (Fsp3) is 0.235. The Balaban J connectivity index is 1.57. The molecular weight excluding hydrogens is 406 g/mol. The van der Waals surface area contributed by atoms with Gasteiger partial charge in [-0.2, -0.15) is 10.2 Å². The molecule has 2 aromatic heterocycles. The molecule has 3 rings (SSSR count). The fourth-order valence-corrected chi connectivity index (χ4v) is 2.93. The standard InChI is InChI=1S/C17H17BrClN5O/c1-12(9-24-11-14(18)8-20-24)17(25)21-16-5-6-23(22-16)10-13-3-2-4-15(19)7-13/h2-8,11-12H,9-10H2,1H3,(H,21,22,25). The summed E-state index contributed by atoms with van der Waals surface area (Å²) in [5, 5.41) is 12.1. The Morgan fingerprint density at radius 2 is 2.20 bits per heavy atom. The molecule has 0 bridgehead atoms. The normalized spacial score (nSPS) is 12.1. The Hall–Kier alpha value is -2.12. The maximum atomic E-state index is 12.3. The lowest BCUT2D eigenvalue weighted by Gasteiger charge is -2.10. The summed E-state index contributed by atoms with van der Waals surface area (Å²) in [6.45, 7) is 2.95. The molecule has 1 N–H and O–H groups in total. The van der Waals surface area contributed by atoms with Crippen molar-refractivity contribution in [3.8, 4) is 0 Å². The van der Waals surface area contributed by atoms with Gasteiger partial charge in [0.15, 0.2) is 5.82 Å². The summed E-state index contributed by atoms with van der Waals surface area (Å²) in [4.78, 5) is 12.3. The van der Waals surface area contributed by atoms with Crippen LogP contribution in [0.5, 0.6) is 0 Å². The molecule has 1 amide bonds. The molecule has 6 nitrogen and oxygen atoms in total. The Bertz CT molecular complexity index is 875. The second-order valence-corrected chi connectivity index (χ2v) is 7.15. The van der Waals surface area contributed by atoms with Crippen LogP contribution < -0.4 is 5.32 Å². The topological polar surface area (TPSA) is 64.7 Å². The summed E-state index contributed by atoms with van der Waals surface area (Å²) in [5.41, 5.74) is 1.05. The second kappa shape index (κ2) is 7.84. The van der Waals surface area contributed by atoms with Crippen molar-refractivity contribution in [3.05, 3.63) is 64.0 Å². The summed E-state index contributed by atoms with van der Waals surface area (Å²) in [6.07, 6.45) is 5.36. The Kier molecular flexibility index (Phi) is 5.55. The molecule has 0 spiro atoms. The third kappa shape index (κ3) is 4.93. The number of carbonyl (C=O) groups is 1. The zero-order chi connectivity index (χ0) is 17.8. The number of amides is 1. The van der Waals surface area contributed by atoms with Gasteiger partial charge in [-0.3, -0.25) is 14.2 Å². The van der Waals surface area contributed by atoms with Crippen LogP contribution in [-0.4, -0.2) is 25.5 Å². The van der Waals surface area contributed by atoms with E-state index in [9.17, 15) is 4.79 Å². The van der Waals surface area contributed by atoms with Crippen molar-refractivity contribution < 1.29 is 4.79 Å². The van der Waals surface area contributed by atoms with E-state index >= 15 is 0 Å². The van der Waals surface area contributed by atoms with Crippen LogP contribution in [0, 0.1) is 5.92 Å². The van der Waals surface area contributed by atoms with Crippen LogP contribution >= 0.6 is 27.5 Å². The van der Waals surface area contributed by atoms with Gasteiger partial charge in [0, 0.05) is 23.5 Å². The third-order valence-electron chi connectivity index (χ3n) is 3.64. The minimum Gasteiger partial charge on any atom is -0.309 e. The fourth-order valence-electron chi connectivity index (χ4n) is 2.39. The average molecular weight is 423 g/mol. The molecule has 1 aromatic carbocycles. The zero-order valence-corrected chi connectivity index (χ0v) is 15.9. The number of nitrogens with one attached hydrogen (secondary N) is 1. The average Bonchev–Trinajstić information content (AvgIpc) is 3.16. The number of halogens is 2. The van der Waals surface area contributed by atoms with Gasteiger partial charge in [-0.25, -0.2) is 0 Å². The summed E-state index contributed by atoms with van der Waals surface area (Å²) in [7, 11) is 0. The van der Waals surface area contributed by atoms with Crippen LogP contribution in [0.25, 0.3) is 0 Å². The van der Waals surface area contributed by atoms with Gasteiger partial charge in [-0.1, -0.05) is 30.7 Å². The molecule has 0 fully saturated rings. The SMILES string of the molecule is CC(Cn1cc(Br)cn1)C(=O)Nc1ccn(Cc2cccc(Cl)c2)n1. The van der Waals surface area contributed by atoms with E-state index in [1.165, 1.54) is 0 Å². The van der Waals surface area contributed by atoms with Crippen LogP contribution in [0.2, 0.25) is 5.02 Å². The van der Waals surface area contributed by atoms with Crippen molar-refractivity contribution in [2.45, 2.75) is 20.0 Å². The first-order valence-electron chi connectivity index (χ1n) is 7.76. The lowest BCUT2D eigenvalue weighted by atomic mass is 10.1. The van der Waals surface area contributed by atoms with Gasteiger partial charge in [-0.05, 0) is 33.6 Å². The largest absolute Gasteiger partial charge is 0.309 e. The van der Waals surface area contributed by atoms with Crippen molar-refractivity contribution >= 4 is 39.3 Å². The van der Waals surface area contributed by atoms with Gasteiger partial charge in [0.1, 0.15) is 0 Å². The van der Waals surface area contributed by atoms with E-state index in [0.717, 1.165) is 10.0 Å². The molecule has 0 aliphatic rings. The Morgan fingerprint density at radius 3 is 2.92 bits per heavy atom. The predicted octanol–water partition coefficient (Wildman–Crippen LogP) is 3.82. The molecule has 0 radical (unpaired) electrons. The van der Waals surface area contributed by atoms with E-state index in [-0.39, 0.29) is 11.8 Å². The van der Waals surface area contributed by atoms with E-state index in [4.69, 9.17) is 11.6 Å². The van der Waals surface area contributed by atoms with E-state index in [1.807, 2.05) is 43.6 Å². The van der Waals surface area contributed by atoms with E-state index < -0.39 is 0 Å². The first-order valence-corrected chi connectivity index (χ1v) is 8.93. The van der Waals surface area contributed by atoms with Crippen molar-refractivity contribution in [2.24, 2.45) is 5.92 Å². The quantitative estimate of drug-likeness (QED) is 0.657. The highest BCUT2D eigenvalue weighted by Crippen LogP contribution is 2.13. The molecule has 0 saturated carbocycles. The third-order valence-corrected chi connectivity index (χ3v) is 4.28. The van der Waals surface area contributed by atoms with Crippen molar-refractivity contribution in [1.82, 2.24) is 19.6 Å². The van der Waals surface area contributed by atoms with Crippen LogP contribution in [0.1, 0.15) is 12.5 Å². The number of aromatic nitrogens is 4. The van der Waals surface area contributed by atoms with Crippen molar-refractivity contribution in [2.75, 3.05) is 5.32 Å². The highest BCUT2D eigenvalue weighted by atomic mass is 79.9. The number of hydrogen-bond donors (Lipinski definition) is 1. The molecular formula is C17H17BrClN5O. The van der Waals surface area contributed by atoms with Gasteiger partial charge in [-0.15, -0.1) is 0 Å². The monoisotopic (exact) mass is 421 g/mol. The van der Waals surface area contributed by atoms with Gasteiger partial charge in [0.05, 0.1) is 29.7 Å². The van der Waals surface area contributed by atoms with Crippen LogP contribution in [0.3, 0.4) is 0 Å². The molecule has 0 saturated heterocycles. The zero-order valence-electron chi connectivity index (χ0n) is 13.6.